The highest BCUT2D eigenvalue weighted by Crippen LogP contribution is 1.95. The van der Waals surface area contributed by atoms with Crippen molar-refractivity contribution < 1.29 is 47.8 Å². The number of esters is 3. The van der Waals surface area contributed by atoms with Gasteiger partial charge in [-0.15, -0.1) is 0 Å². The molecule has 13 nitrogen and oxygen atoms in total. The molecular weight excluding hydrogens is 418 g/mol. The number of nitrogens with one attached hydrogen (secondary N) is 3. The predicted octanol–water partition coefficient (Wildman–Crippen LogP) is -1.91. The van der Waals surface area contributed by atoms with Crippen LogP contribution in [0.2, 0.25) is 0 Å². The Morgan fingerprint density at radius 3 is 1.35 bits per heavy atom. The zero-order valence-electron chi connectivity index (χ0n) is 17.9. The van der Waals surface area contributed by atoms with Gasteiger partial charge in [-0.25, -0.2) is 14.4 Å². The van der Waals surface area contributed by atoms with Gasteiger partial charge in [0, 0.05) is 0 Å². The summed E-state index contributed by atoms with van der Waals surface area (Å²) in [6.45, 7) is 4.41. The minimum atomic E-state index is -1.16. The van der Waals surface area contributed by atoms with E-state index in [0.29, 0.717) is 0 Å². The summed E-state index contributed by atoms with van der Waals surface area (Å²) in [5.41, 5.74) is 0. The Morgan fingerprint density at radius 1 is 0.645 bits per heavy atom. The minimum Gasteiger partial charge on any atom is -0.467 e. The Labute approximate surface area is 178 Å². The van der Waals surface area contributed by atoms with Gasteiger partial charge in [0.25, 0.3) is 0 Å². The van der Waals surface area contributed by atoms with E-state index >= 15 is 0 Å². The van der Waals surface area contributed by atoms with Crippen LogP contribution < -0.4 is 16.0 Å². The molecule has 0 aliphatic heterocycles. The van der Waals surface area contributed by atoms with Gasteiger partial charge in [0.05, 0.1) is 13.5 Å². The third-order valence-corrected chi connectivity index (χ3v) is 3.53. The summed E-state index contributed by atoms with van der Waals surface area (Å²) in [5, 5.41) is 6.70. The fourth-order valence-electron chi connectivity index (χ4n) is 2.00. The van der Waals surface area contributed by atoms with E-state index in [2.05, 4.69) is 30.2 Å². The molecule has 0 saturated carbocycles. The Balaban J connectivity index is 4.28. The van der Waals surface area contributed by atoms with E-state index in [1.54, 1.807) is 0 Å². The molecule has 3 N–H and O–H groups in total. The second-order valence-electron chi connectivity index (χ2n) is 6.49. The largest absolute Gasteiger partial charge is 0.467 e. The molecule has 3 atom stereocenters. The van der Waals surface area contributed by atoms with Crippen LogP contribution in [0.5, 0.6) is 0 Å². The molecule has 0 aromatic rings. The van der Waals surface area contributed by atoms with E-state index < -0.39 is 67.0 Å². The molecule has 3 unspecified atom stereocenters. The van der Waals surface area contributed by atoms with Crippen LogP contribution in [-0.4, -0.2) is 73.4 Å². The third kappa shape index (κ3) is 11.9. The number of carbonyl (C=O) groups is 7. The van der Waals surface area contributed by atoms with E-state index in [0.717, 1.165) is 7.11 Å². The highest BCUT2D eigenvalue weighted by molar-refractivity contribution is 5.99. The first-order chi connectivity index (χ1) is 14.4. The molecule has 0 rings (SSSR count). The van der Waals surface area contributed by atoms with Crippen LogP contribution in [0, 0.1) is 0 Å². The average molecular weight is 445 g/mol. The average Bonchev–Trinajstić information content (AvgIpc) is 2.65. The second-order valence-corrected chi connectivity index (χ2v) is 6.49. The first kappa shape index (κ1) is 27.5. The summed E-state index contributed by atoms with van der Waals surface area (Å²) >= 11 is 0. The summed E-state index contributed by atoms with van der Waals surface area (Å²) in [7, 11) is 1.15. The molecule has 13 heteroatoms. The van der Waals surface area contributed by atoms with Crippen LogP contribution in [0.25, 0.3) is 0 Å². The molecule has 0 aromatic heterocycles. The topological polar surface area (TPSA) is 183 Å². The molecule has 0 radical (unpaired) electrons. The van der Waals surface area contributed by atoms with Crippen molar-refractivity contribution in [2.45, 2.75) is 58.7 Å². The maximum absolute atomic E-state index is 11.8. The number of amides is 3. The van der Waals surface area contributed by atoms with Gasteiger partial charge in [0.2, 0.25) is 24.5 Å². The van der Waals surface area contributed by atoms with E-state index in [-0.39, 0.29) is 12.2 Å². The van der Waals surface area contributed by atoms with Crippen molar-refractivity contribution in [3.05, 3.63) is 0 Å². The van der Waals surface area contributed by atoms with Gasteiger partial charge >= 0.3 is 17.9 Å². The molecule has 0 fully saturated rings. The van der Waals surface area contributed by atoms with E-state index in [1.807, 2.05) is 0 Å². The fraction of sp³-hybridized carbons (Fsp3) is 0.611. The summed E-state index contributed by atoms with van der Waals surface area (Å²) in [6.07, 6.45) is -1.03. The highest BCUT2D eigenvalue weighted by atomic mass is 16.7. The lowest BCUT2D eigenvalue weighted by atomic mass is 10.2. The van der Waals surface area contributed by atoms with Crippen LogP contribution in [0.4, 0.5) is 0 Å². The smallest absolute Gasteiger partial charge is 0.331 e. The maximum Gasteiger partial charge on any atom is 0.331 e. The highest BCUT2D eigenvalue weighted by Gasteiger charge is 2.22. The van der Waals surface area contributed by atoms with Gasteiger partial charge in [0.1, 0.15) is 30.3 Å². The van der Waals surface area contributed by atoms with Crippen molar-refractivity contribution in [1.82, 2.24) is 16.0 Å². The number of Topliss-reactive ketones (excluding diaryl/α,β-unsaturated/α-hetero) is 1. The lowest BCUT2D eigenvalue weighted by Crippen LogP contribution is -2.44. The Hall–Kier alpha value is -3.51. The molecule has 0 aliphatic rings. The maximum atomic E-state index is 11.8. The van der Waals surface area contributed by atoms with Crippen molar-refractivity contribution in [2.24, 2.45) is 0 Å². The predicted molar refractivity (Wildman–Crippen MR) is 102 cm³/mol. The molecule has 0 saturated heterocycles. The van der Waals surface area contributed by atoms with Gasteiger partial charge in [-0.2, -0.15) is 0 Å². The van der Waals surface area contributed by atoms with Crippen molar-refractivity contribution >= 4 is 41.4 Å². The Morgan fingerprint density at radius 2 is 1.00 bits per heavy atom. The number of rotatable bonds is 12. The number of hydrogen-bond acceptors (Lipinski definition) is 10. The molecule has 0 aromatic carbocycles. The molecular formula is C18H27N3O10. The molecule has 174 valence electrons. The second kappa shape index (κ2) is 13.7. The lowest BCUT2D eigenvalue weighted by molar-refractivity contribution is -0.170. The summed E-state index contributed by atoms with van der Waals surface area (Å²) in [6, 6.07) is -3.18. The fourth-order valence-corrected chi connectivity index (χ4v) is 2.00. The SMILES string of the molecule is COC(=O)C(C)NC(=O)CC(=O)NC(C)C(=O)OCOC(=O)C(C)NC(=O)CC(C)=O. The number of hydrogen-bond donors (Lipinski definition) is 3. The van der Waals surface area contributed by atoms with Crippen molar-refractivity contribution in [2.75, 3.05) is 13.9 Å². The van der Waals surface area contributed by atoms with Crippen molar-refractivity contribution in [3.8, 4) is 0 Å². The summed E-state index contributed by atoms with van der Waals surface area (Å²) in [4.78, 5) is 80.5. The molecule has 31 heavy (non-hydrogen) atoms. The van der Waals surface area contributed by atoms with Crippen LogP contribution in [0.15, 0.2) is 0 Å². The minimum absolute atomic E-state index is 0.376. The molecule has 0 heterocycles. The molecule has 3 amide bonds. The van der Waals surface area contributed by atoms with Crippen LogP contribution in [0.3, 0.4) is 0 Å². The third-order valence-electron chi connectivity index (χ3n) is 3.53. The Kier molecular flexibility index (Phi) is 12.1. The molecule has 0 bridgehead atoms. The summed E-state index contributed by atoms with van der Waals surface area (Å²) < 4.78 is 13.8. The van der Waals surface area contributed by atoms with E-state index in [1.165, 1.54) is 27.7 Å². The zero-order chi connectivity index (χ0) is 24.1. The number of carbonyl (C=O) groups excluding carboxylic acids is 7. The number of ketones is 1. The summed E-state index contributed by atoms with van der Waals surface area (Å²) in [5.74, 6) is -5.14. The number of ether oxygens (including phenoxy) is 3. The van der Waals surface area contributed by atoms with Gasteiger partial charge in [-0.05, 0) is 27.7 Å². The molecule has 0 spiro atoms. The van der Waals surface area contributed by atoms with Crippen LogP contribution >= 0.6 is 0 Å². The van der Waals surface area contributed by atoms with Gasteiger partial charge < -0.3 is 30.2 Å². The Bertz CT molecular complexity index is 721. The van der Waals surface area contributed by atoms with Crippen molar-refractivity contribution in [3.63, 3.8) is 0 Å². The monoisotopic (exact) mass is 445 g/mol. The van der Waals surface area contributed by atoms with Crippen LogP contribution in [0.1, 0.15) is 40.5 Å². The number of methoxy groups -OCH3 is 1. The first-order valence-corrected chi connectivity index (χ1v) is 9.16. The van der Waals surface area contributed by atoms with Gasteiger partial charge in [0.15, 0.2) is 0 Å². The van der Waals surface area contributed by atoms with E-state index in [9.17, 15) is 33.6 Å². The normalized spacial score (nSPS) is 12.9. The van der Waals surface area contributed by atoms with Gasteiger partial charge in [-0.1, -0.05) is 0 Å². The lowest BCUT2D eigenvalue weighted by Gasteiger charge is -2.16. The van der Waals surface area contributed by atoms with Gasteiger partial charge in [-0.3, -0.25) is 19.2 Å². The standard InChI is InChI=1S/C18H27N3O10/c1-9(22)6-13(23)20-11(3)17(27)30-8-31-18(28)12(4)21-15(25)7-14(24)19-10(2)16(26)29-5/h10-12H,6-8H2,1-5H3,(H,19,24)(H,20,23)(H,21,25). The quantitative estimate of drug-likeness (QED) is 0.174. The van der Waals surface area contributed by atoms with E-state index in [4.69, 9.17) is 0 Å². The zero-order valence-corrected chi connectivity index (χ0v) is 17.9. The van der Waals surface area contributed by atoms with Crippen LogP contribution in [-0.2, 0) is 47.8 Å². The first-order valence-electron chi connectivity index (χ1n) is 9.16. The van der Waals surface area contributed by atoms with Crippen molar-refractivity contribution in [1.29, 1.82) is 0 Å². The molecule has 0 aliphatic carbocycles.